The fourth-order valence-corrected chi connectivity index (χ4v) is 3.75. The molecule has 1 nitrogen and oxygen atoms in total. The summed E-state index contributed by atoms with van der Waals surface area (Å²) in [6.07, 6.45) is 5.41. The molecule has 0 bridgehead atoms. The van der Waals surface area contributed by atoms with Gasteiger partial charge in [0, 0.05) is 16.7 Å². The highest BCUT2D eigenvalue weighted by Crippen LogP contribution is 2.47. The van der Waals surface area contributed by atoms with Crippen molar-refractivity contribution in [3.8, 4) is 0 Å². The molecule has 2 aliphatic carbocycles. The van der Waals surface area contributed by atoms with Crippen molar-refractivity contribution in [2.75, 3.05) is 0 Å². The van der Waals surface area contributed by atoms with Crippen LogP contribution >= 0.6 is 11.3 Å². The fourth-order valence-electron chi connectivity index (χ4n) is 2.43. The van der Waals surface area contributed by atoms with Gasteiger partial charge in [0.05, 0.1) is 10.7 Å². The van der Waals surface area contributed by atoms with Crippen molar-refractivity contribution in [3.05, 3.63) is 15.6 Å². The van der Waals surface area contributed by atoms with Crippen molar-refractivity contribution < 1.29 is 0 Å². The summed E-state index contributed by atoms with van der Waals surface area (Å²) in [6, 6.07) is 0. The van der Waals surface area contributed by atoms with Crippen molar-refractivity contribution >= 4 is 11.3 Å². The van der Waals surface area contributed by atoms with E-state index in [9.17, 15) is 0 Å². The van der Waals surface area contributed by atoms with Gasteiger partial charge in [-0.1, -0.05) is 13.8 Å². The lowest BCUT2D eigenvalue weighted by Gasteiger charge is -2.12. The second kappa shape index (κ2) is 3.06. The van der Waals surface area contributed by atoms with Crippen molar-refractivity contribution in [1.82, 2.24) is 4.98 Å². The van der Waals surface area contributed by atoms with Crippen LogP contribution < -0.4 is 0 Å². The summed E-state index contributed by atoms with van der Waals surface area (Å²) in [5.74, 6) is 2.37. The second-order valence-corrected chi connectivity index (χ2v) is 6.14. The first kappa shape index (κ1) is 8.90. The smallest absolute Gasteiger partial charge is 0.0962 e. The Kier molecular flexibility index (Phi) is 1.94. The highest BCUT2D eigenvalue weighted by molar-refractivity contribution is 7.11. The van der Waals surface area contributed by atoms with E-state index < -0.39 is 0 Å². The minimum atomic E-state index is 0.758. The Morgan fingerprint density at radius 2 is 2.07 bits per heavy atom. The highest BCUT2D eigenvalue weighted by Gasteiger charge is 2.33. The number of thiazole rings is 1. The molecule has 1 heterocycles. The number of fused-ring (bicyclic) bond motifs is 1. The predicted octanol–water partition coefficient (Wildman–Crippen LogP) is 3.71. The van der Waals surface area contributed by atoms with Crippen LogP contribution in [0.2, 0.25) is 0 Å². The number of aryl methyl sites for hydroxylation is 1. The number of rotatable bonds is 2. The third kappa shape index (κ3) is 1.31. The molecule has 0 amide bonds. The molecule has 1 aromatic heterocycles. The molecule has 3 rings (SSSR count). The maximum Gasteiger partial charge on any atom is 0.0962 e. The van der Waals surface area contributed by atoms with E-state index in [1.165, 1.54) is 36.4 Å². The van der Waals surface area contributed by atoms with E-state index in [0.29, 0.717) is 0 Å². The molecule has 1 aromatic rings. The van der Waals surface area contributed by atoms with Crippen LogP contribution in [-0.4, -0.2) is 4.98 Å². The highest BCUT2D eigenvalue weighted by atomic mass is 32.1. The summed E-state index contributed by atoms with van der Waals surface area (Å²) in [7, 11) is 0. The van der Waals surface area contributed by atoms with E-state index in [2.05, 4.69) is 13.8 Å². The molecule has 1 fully saturated rings. The zero-order valence-corrected chi connectivity index (χ0v) is 9.73. The van der Waals surface area contributed by atoms with E-state index >= 15 is 0 Å². The molecule has 0 saturated heterocycles. The summed E-state index contributed by atoms with van der Waals surface area (Å²) in [6.45, 7) is 4.66. The molecular formula is C12H17NS. The van der Waals surface area contributed by atoms with E-state index in [1.807, 2.05) is 11.3 Å². The fraction of sp³-hybridized carbons (Fsp3) is 0.750. The van der Waals surface area contributed by atoms with Crippen LogP contribution in [0.15, 0.2) is 0 Å². The quantitative estimate of drug-likeness (QED) is 0.720. The topological polar surface area (TPSA) is 12.9 Å². The van der Waals surface area contributed by atoms with Crippen molar-refractivity contribution in [1.29, 1.82) is 0 Å². The Bertz CT molecular complexity index is 349. The summed E-state index contributed by atoms with van der Waals surface area (Å²) in [5, 5.41) is 1.44. The lowest BCUT2D eigenvalue weighted by molar-refractivity contribution is 0.487. The van der Waals surface area contributed by atoms with Crippen LogP contribution in [0, 0.1) is 5.92 Å². The lowest BCUT2D eigenvalue weighted by Crippen LogP contribution is -2.03. The van der Waals surface area contributed by atoms with E-state index in [-0.39, 0.29) is 0 Å². The number of nitrogens with zero attached hydrogens (tertiary/aromatic N) is 1. The second-order valence-electron chi connectivity index (χ2n) is 5.02. The summed E-state index contributed by atoms with van der Waals surface area (Å²) in [5.41, 5.74) is 1.46. The zero-order chi connectivity index (χ0) is 9.71. The molecular weight excluding hydrogens is 190 g/mol. The molecule has 0 N–H and O–H groups in total. The van der Waals surface area contributed by atoms with Gasteiger partial charge in [-0.3, -0.25) is 0 Å². The van der Waals surface area contributed by atoms with Gasteiger partial charge in [-0.2, -0.15) is 0 Å². The van der Waals surface area contributed by atoms with Gasteiger partial charge < -0.3 is 0 Å². The molecule has 14 heavy (non-hydrogen) atoms. The summed E-state index contributed by atoms with van der Waals surface area (Å²) < 4.78 is 0. The third-order valence-corrected chi connectivity index (χ3v) is 4.80. The molecule has 0 aromatic carbocycles. The van der Waals surface area contributed by atoms with Gasteiger partial charge in [0.1, 0.15) is 0 Å². The first-order valence-corrected chi connectivity index (χ1v) is 6.57. The first-order chi connectivity index (χ1) is 6.75. The van der Waals surface area contributed by atoms with Gasteiger partial charge in [-0.15, -0.1) is 11.3 Å². The predicted molar refractivity (Wildman–Crippen MR) is 60.0 cm³/mol. The monoisotopic (exact) mass is 207 g/mol. The summed E-state index contributed by atoms with van der Waals surface area (Å²) in [4.78, 5) is 6.48. The number of aromatic nitrogens is 1. The van der Waals surface area contributed by atoms with E-state index in [1.54, 1.807) is 4.88 Å². The minimum absolute atomic E-state index is 0.758. The number of hydrogen-bond acceptors (Lipinski definition) is 2. The largest absolute Gasteiger partial charge is 0.245 e. The molecule has 2 aliphatic rings. The first-order valence-electron chi connectivity index (χ1n) is 5.75. The van der Waals surface area contributed by atoms with Gasteiger partial charge in [0.25, 0.3) is 0 Å². The molecule has 1 saturated carbocycles. The van der Waals surface area contributed by atoms with Crippen LogP contribution in [0.25, 0.3) is 0 Å². The van der Waals surface area contributed by atoms with Gasteiger partial charge in [0.2, 0.25) is 0 Å². The normalized spacial score (nSPS) is 25.8. The van der Waals surface area contributed by atoms with Crippen LogP contribution in [0.5, 0.6) is 0 Å². The molecule has 0 radical (unpaired) electrons. The minimum Gasteiger partial charge on any atom is -0.245 e. The molecule has 0 spiro atoms. The standard InChI is InChI=1S/C12H17NS/c1-7(2)9-5-6-10-11(9)13-12(14-10)8-3-4-8/h7-9H,3-6H2,1-2H3. The third-order valence-electron chi connectivity index (χ3n) is 3.51. The van der Waals surface area contributed by atoms with Crippen molar-refractivity contribution in [2.24, 2.45) is 5.92 Å². The average molecular weight is 207 g/mol. The Balaban J connectivity index is 1.93. The molecule has 0 aliphatic heterocycles. The maximum absolute atomic E-state index is 4.87. The lowest BCUT2D eigenvalue weighted by atomic mass is 9.94. The Morgan fingerprint density at radius 3 is 2.71 bits per heavy atom. The maximum atomic E-state index is 4.87. The molecule has 1 atom stereocenters. The Labute approximate surface area is 89.6 Å². The van der Waals surface area contributed by atoms with Crippen molar-refractivity contribution in [3.63, 3.8) is 0 Å². The van der Waals surface area contributed by atoms with Crippen LogP contribution in [0.3, 0.4) is 0 Å². The van der Waals surface area contributed by atoms with Crippen LogP contribution in [0.4, 0.5) is 0 Å². The van der Waals surface area contributed by atoms with Gasteiger partial charge >= 0.3 is 0 Å². The molecule has 76 valence electrons. The summed E-state index contributed by atoms with van der Waals surface area (Å²) >= 11 is 2.00. The van der Waals surface area contributed by atoms with Crippen LogP contribution in [0.1, 0.15) is 60.5 Å². The molecule has 2 heteroatoms. The SMILES string of the molecule is CC(C)C1CCc2sc(C3CC3)nc21. The Morgan fingerprint density at radius 1 is 1.29 bits per heavy atom. The number of hydrogen-bond donors (Lipinski definition) is 0. The van der Waals surface area contributed by atoms with Gasteiger partial charge in [-0.25, -0.2) is 4.98 Å². The van der Waals surface area contributed by atoms with Crippen LogP contribution in [-0.2, 0) is 6.42 Å². The van der Waals surface area contributed by atoms with Crippen molar-refractivity contribution in [2.45, 2.75) is 51.4 Å². The zero-order valence-electron chi connectivity index (χ0n) is 8.92. The Hall–Kier alpha value is -0.370. The van der Waals surface area contributed by atoms with Gasteiger partial charge in [-0.05, 0) is 31.6 Å². The van der Waals surface area contributed by atoms with E-state index in [4.69, 9.17) is 4.98 Å². The van der Waals surface area contributed by atoms with Gasteiger partial charge in [0.15, 0.2) is 0 Å². The average Bonchev–Trinajstić information content (AvgIpc) is 2.76. The molecule has 1 unspecified atom stereocenters. The van der Waals surface area contributed by atoms with E-state index in [0.717, 1.165) is 17.8 Å².